The van der Waals surface area contributed by atoms with E-state index in [1.807, 2.05) is 6.07 Å². The fourth-order valence-electron chi connectivity index (χ4n) is 1.25. The molecule has 2 aromatic rings. The standard InChI is InChI=1S/C10H7BrClN3O2S/c1-17-7-3-2-5(11)4-6(7)13-8(16)9-14-15-10(12)18-9/h2-4H,1H3,(H,13,16). The Kier molecular flexibility index (Phi) is 4.15. The van der Waals surface area contributed by atoms with Crippen molar-refractivity contribution in [3.05, 3.63) is 32.1 Å². The Balaban J connectivity index is 2.23. The molecule has 0 unspecified atom stereocenters. The van der Waals surface area contributed by atoms with E-state index in [-0.39, 0.29) is 15.4 Å². The lowest BCUT2D eigenvalue weighted by atomic mass is 10.3. The average Bonchev–Trinajstić information content (AvgIpc) is 2.76. The summed E-state index contributed by atoms with van der Waals surface area (Å²) in [6, 6.07) is 5.29. The zero-order chi connectivity index (χ0) is 13.1. The van der Waals surface area contributed by atoms with Crippen LogP contribution in [0, 0.1) is 0 Å². The van der Waals surface area contributed by atoms with Crippen molar-refractivity contribution in [3.8, 4) is 5.75 Å². The lowest BCUT2D eigenvalue weighted by Gasteiger charge is -2.09. The summed E-state index contributed by atoms with van der Waals surface area (Å²) < 4.78 is 6.20. The molecular weight excluding hydrogens is 342 g/mol. The van der Waals surface area contributed by atoms with Crippen LogP contribution >= 0.6 is 38.9 Å². The second-order valence-electron chi connectivity index (χ2n) is 3.16. The van der Waals surface area contributed by atoms with Crippen molar-refractivity contribution in [1.82, 2.24) is 10.2 Å². The molecule has 0 aliphatic heterocycles. The van der Waals surface area contributed by atoms with Gasteiger partial charge in [0.05, 0.1) is 12.8 Å². The molecular formula is C10H7BrClN3O2S. The van der Waals surface area contributed by atoms with Crippen molar-refractivity contribution in [2.75, 3.05) is 12.4 Å². The van der Waals surface area contributed by atoms with Gasteiger partial charge in [-0.25, -0.2) is 0 Å². The Labute approximate surface area is 120 Å². The van der Waals surface area contributed by atoms with Crippen LogP contribution in [-0.4, -0.2) is 23.2 Å². The van der Waals surface area contributed by atoms with Crippen LogP contribution in [0.1, 0.15) is 9.80 Å². The molecule has 1 aromatic heterocycles. The van der Waals surface area contributed by atoms with E-state index < -0.39 is 0 Å². The summed E-state index contributed by atoms with van der Waals surface area (Å²) in [6.45, 7) is 0. The number of carbonyl (C=O) groups is 1. The number of rotatable bonds is 3. The SMILES string of the molecule is COc1ccc(Br)cc1NC(=O)c1nnc(Cl)s1. The first-order chi connectivity index (χ1) is 8.60. The van der Waals surface area contributed by atoms with Crippen LogP contribution in [0.25, 0.3) is 0 Å². The van der Waals surface area contributed by atoms with E-state index in [2.05, 4.69) is 31.4 Å². The Morgan fingerprint density at radius 1 is 1.50 bits per heavy atom. The Bertz CT molecular complexity index is 590. The molecule has 0 aliphatic rings. The summed E-state index contributed by atoms with van der Waals surface area (Å²) in [4.78, 5) is 11.9. The van der Waals surface area contributed by atoms with Gasteiger partial charge in [0.25, 0.3) is 5.91 Å². The van der Waals surface area contributed by atoms with E-state index in [1.54, 1.807) is 12.1 Å². The van der Waals surface area contributed by atoms with Crippen molar-refractivity contribution < 1.29 is 9.53 Å². The summed E-state index contributed by atoms with van der Waals surface area (Å²) in [5.74, 6) is 0.179. The number of carbonyl (C=O) groups excluding carboxylic acids is 1. The topological polar surface area (TPSA) is 64.1 Å². The third kappa shape index (κ3) is 2.98. The first-order valence-corrected chi connectivity index (χ1v) is 6.73. The molecule has 0 bridgehead atoms. The number of hydrogen-bond acceptors (Lipinski definition) is 5. The van der Waals surface area contributed by atoms with Gasteiger partial charge >= 0.3 is 0 Å². The van der Waals surface area contributed by atoms with Gasteiger partial charge in [0, 0.05) is 4.47 Å². The summed E-state index contributed by atoms with van der Waals surface area (Å²) in [5.41, 5.74) is 0.545. The maximum Gasteiger partial charge on any atom is 0.286 e. The highest BCUT2D eigenvalue weighted by atomic mass is 79.9. The fraction of sp³-hybridized carbons (Fsp3) is 0.100. The first kappa shape index (κ1) is 13.3. The average molecular weight is 349 g/mol. The Hall–Kier alpha value is -1.18. The molecule has 0 radical (unpaired) electrons. The molecule has 1 N–H and O–H groups in total. The first-order valence-electron chi connectivity index (χ1n) is 4.74. The predicted molar refractivity (Wildman–Crippen MR) is 73.6 cm³/mol. The van der Waals surface area contributed by atoms with Crippen LogP contribution in [0.5, 0.6) is 5.75 Å². The van der Waals surface area contributed by atoms with Crippen LogP contribution < -0.4 is 10.1 Å². The van der Waals surface area contributed by atoms with Gasteiger partial charge in [0.15, 0.2) is 0 Å². The van der Waals surface area contributed by atoms with Gasteiger partial charge < -0.3 is 10.1 Å². The quantitative estimate of drug-likeness (QED) is 0.925. The number of aromatic nitrogens is 2. The minimum Gasteiger partial charge on any atom is -0.495 e. The molecule has 1 heterocycles. The Morgan fingerprint density at radius 2 is 2.28 bits per heavy atom. The van der Waals surface area contributed by atoms with Gasteiger partial charge in [0.1, 0.15) is 5.75 Å². The van der Waals surface area contributed by atoms with Crippen molar-refractivity contribution in [2.45, 2.75) is 0 Å². The van der Waals surface area contributed by atoms with Crippen LogP contribution in [-0.2, 0) is 0 Å². The molecule has 0 saturated heterocycles. The number of amides is 1. The number of ether oxygens (including phenoxy) is 1. The number of benzene rings is 1. The molecule has 0 aliphatic carbocycles. The number of anilines is 1. The van der Waals surface area contributed by atoms with E-state index in [1.165, 1.54) is 7.11 Å². The van der Waals surface area contributed by atoms with E-state index in [0.717, 1.165) is 15.8 Å². The molecule has 0 atom stereocenters. The number of methoxy groups -OCH3 is 1. The number of hydrogen-bond donors (Lipinski definition) is 1. The molecule has 0 spiro atoms. The highest BCUT2D eigenvalue weighted by Gasteiger charge is 2.14. The third-order valence-electron chi connectivity index (χ3n) is 2.00. The smallest absolute Gasteiger partial charge is 0.286 e. The summed E-state index contributed by atoms with van der Waals surface area (Å²) in [6.07, 6.45) is 0. The minimum absolute atomic E-state index is 0.196. The molecule has 2 rings (SSSR count). The van der Waals surface area contributed by atoms with E-state index in [9.17, 15) is 4.79 Å². The van der Waals surface area contributed by atoms with Crippen LogP contribution in [0.2, 0.25) is 4.47 Å². The normalized spacial score (nSPS) is 10.2. The zero-order valence-electron chi connectivity index (χ0n) is 9.11. The fourth-order valence-corrected chi connectivity index (χ4v) is 2.34. The molecule has 8 heteroatoms. The minimum atomic E-state index is -0.379. The van der Waals surface area contributed by atoms with Crippen molar-refractivity contribution in [1.29, 1.82) is 0 Å². The van der Waals surface area contributed by atoms with E-state index >= 15 is 0 Å². The molecule has 18 heavy (non-hydrogen) atoms. The lowest BCUT2D eigenvalue weighted by molar-refractivity contribution is 0.102. The van der Waals surface area contributed by atoms with Gasteiger partial charge in [-0.05, 0) is 29.8 Å². The molecule has 0 saturated carbocycles. The lowest BCUT2D eigenvalue weighted by Crippen LogP contribution is -2.12. The molecule has 94 valence electrons. The summed E-state index contributed by atoms with van der Waals surface area (Å²) in [5, 5.41) is 10.1. The van der Waals surface area contributed by atoms with Crippen LogP contribution in [0.15, 0.2) is 22.7 Å². The highest BCUT2D eigenvalue weighted by Crippen LogP contribution is 2.28. The monoisotopic (exact) mass is 347 g/mol. The molecule has 1 amide bonds. The third-order valence-corrected chi connectivity index (χ3v) is 3.52. The molecule has 0 fully saturated rings. The zero-order valence-corrected chi connectivity index (χ0v) is 12.3. The van der Waals surface area contributed by atoms with Crippen LogP contribution in [0.3, 0.4) is 0 Å². The predicted octanol–water partition coefficient (Wildman–Crippen LogP) is 3.21. The number of nitrogens with one attached hydrogen (secondary N) is 1. The second kappa shape index (κ2) is 5.64. The largest absolute Gasteiger partial charge is 0.495 e. The molecule has 5 nitrogen and oxygen atoms in total. The van der Waals surface area contributed by atoms with Crippen molar-refractivity contribution >= 4 is 50.5 Å². The van der Waals surface area contributed by atoms with Crippen molar-refractivity contribution in [2.24, 2.45) is 0 Å². The van der Waals surface area contributed by atoms with Gasteiger partial charge in [-0.15, -0.1) is 10.2 Å². The summed E-state index contributed by atoms with van der Waals surface area (Å²) >= 11 is 9.96. The number of nitrogens with zero attached hydrogens (tertiary/aromatic N) is 2. The van der Waals surface area contributed by atoms with Gasteiger partial charge in [-0.2, -0.15) is 0 Å². The van der Waals surface area contributed by atoms with Gasteiger partial charge in [0.2, 0.25) is 9.47 Å². The second-order valence-corrected chi connectivity index (χ2v) is 5.63. The Morgan fingerprint density at radius 3 is 2.89 bits per heavy atom. The van der Waals surface area contributed by atoms with Crippen LogP contribution in [0.4, 0.5) is 5.69 Å². The summed E-state index contributed by atoms with van der Waals surface area (Å²) in [7, 11) is 1.53. The van der Waals surface area contributed by atoms with E-state index in [0.29, 0.717) is 11.4 Å². The highest BCUT2D eigenvalue weighted by molar-refractivity contribution is 9.10. The van der Waals surface area contributed by atoms with Crippen molar-refractivity contribution in [3.63, 3.8) is 0 Å². The van der Waals surface area contributed by atoms with Gasteiger partial charge in [-0.3, -0.25) is 4.79 Å². The molecule has 1 aromatic carbocycles. The van der Waals surface area contributed by atoms with E-state index in [4.69, 9.17) is 16.3 Å². The maximum atomic E-state index is 11.9. The van der Waals surface area contributed by atoms with Gasteiger partial charge in [-0.1, -0.05) is 27.3 Å². The number of halogens is 2. The maximum absolute atomic E-state index is 11.9.